The molecule has 0 aliphatic rings. The van der Waals surface area contributed by atoms with Gasteiger partial charge in [-0.1, -0.05) is 0 Å². The number of nitrogens with one attached hydrogen (secondary N) is 1. The van der Waals surface area contributed by atoms with Crippen molar-refractivity contribution in [3.8, 4) is 11.5 Å². The van der Waals surface area contributed by atoms with Gasteiger partial charge in [-0.25, -0.2) is 0 Å². The van der Waals surface area contributed by atoms with Crippen LogP contribution in [-0.2, 0) is 0 Å². The average Bonchev–Trinajstić information content (AvgIpc) is 2.23. The molecule has 0 fully saturated rings. The zero-order valence-corrected chi connectivity index (χ0v) is 8.45. The number of hydrogen-bond acceptors (Lipinski definition) is 4. The van der Waals surface area contributed by atoms with Crippen LogP contribution in [-0.4, -0.2) is 29.2 Å². The van der Waals surface area contributed by atoms with E-state index in [1.165, 1.54) is 12.1 Å². The van der Waals surface area contributed by atoms with E-state index < -0.39 is 0 Å². The molecule has 5 heteroatoms. The van der Waals surface area contributed by atoms with Crippen LogP contribution < -0.4 is 11.1 Å². The average molecular weight is 210 g/mol. The number of hydrogen-bond donors (Lipinski definition) is 4. The Bertz CT molecular complexity index is 377. The van der Waals surface area contributed by atoms with Gasteiger partial charge in [0.05, 0.1) is 0 Å². The van der Waals surface area contributed by atoms with Crippen LogP contribution in [0.15, 0.2) is 12.1 Å². The van der Waals surface area contributed by atoms with Crippen molar-refractivity contribution in [1.82, 2.24) is 5.32 Å². The Morgan fingerprint density at radius 2 is 2.13 bits per heavy atom. The second-order valence-electron chi connectivity index (χ2n) is 3.15. The Labute approximate surface area is 87.5 Å². The maximum Gasteiger partial charge on any atom is 0.251 e. The highest BCUT2D eigenvalue weighted by atomic mass is 16.3. The van der Waals surface area contributed by atoms with E-state index in [4.69, 9.17) is 5.73 Å². The monoisotopic (exact) mass is 210 g/mol. The lowest BCUT2D eigenvalue weighted by atomic mass is 10.1. The first-order valence-electron chi connectivity index (χ1n) is 4.57. The number of carbonyl (C=O) groups excluding carboxylic acids is 1. The molecule has 82 valence electrons. The van der Waals surface area contributed by atoms with Gasteiger partial charge in [-0.15, -0.1) is 0 Å². The Morgan fingerprint density at radius 1 is 1.47 bits per heavy atom. The quantitative estimate of drug-likeness (QED) is 0.532. The van der Waals surface area contributed by atoms with E-state index in [-0.39, 0.29) is 17.4 Å². The molecule has 0 radical (unpaired) electrons. The number of phenols is 2. The number of benzene rings is 1. The number of aromatic hydroxyl groups is 2. The molecule has 0 heterocycles. The Balaban J connectivity index is 2.95. The summed E-state index contributed by atoms with van der Waals surface area (Å²) in [4.78, 5) is 11.5. The highest BCUT2D eigenvalue weighted by molar-refractivity contribution is 5.96. The van der Waals surface area contributed by atoms with Crippen LogP contribution in [0.4, 0.5) is 0 Å². The van der Waals surface area contributed by atoms with Crippen LogP contribution in [0, 0.1) is 6.92 Å². The molecule has 0 unspecified atom stereocenters. The van der Waals surface area contributed by atoms with Gasteiger partial charge in [-0.3, -0.25) is 4.79 Å². The molecular formula is C10H14N2O3. The molecule has 0 aliphatic heterocycles. The number of nitrogens with two attached hydrogens (primary N) is 1. The summed E-state index contributed by atoms with van der Waals surface area (Å²) in [6, 6.07) is 2.73. The molecule has 0 aliphatic carbocycles. The predicted molar refractivity (Wildman–Crippen MR) is 55.9 cm³/mol. The summed E-state index contributed by atoms with van der Waals surface area (Å²) in [5, 5.41) is 21.2. The molecular weight excluding hydrogens is 196 g/mol. The zero-order chi connectivity index (χ0) is 11.4. The molecule has 0 atom stereocenters. The van der Waals surface area contributed by atoms with Gasteiger partial charge in [0, 0.05) is 24.2 Å². The van der Waals surface area contributed by atoms with E-state index >= 15 is 0 Å². The van der Waals surface area contributed by atoms with Crippen molar-refractivity contribution in [2.24, 2.45) is 5.73 Å². The third-order valence-electron chi connectivity index (χ3n) is 2.08. The second kappa shape index (κ2) is 4.65. The molecule has 1 aromatic carbocycles. The number of amides is 1. The minimum absolute atomic E-state index is 0.233. The van der Waals surface area contributed by atoms with E-state index in [0.29, 0.717) is 24.2 Å². The molecule has 5 N–H and O–H groups in total. The van der Waals surface area contributed by atoms with Gasteiger partial charge in [0.25, 0.3) is 5.91 Å². The SMILES string of the molecule is Cc1c(C(=O)NCCN)ccc(O)c1O. The highest BCUT2D eigenvalue weighted by Crippen LogP contribution is 2.30. The third kappa shape index (κ3) is 2.38. The Kier molecular flexibility index (Phi) is 3.51. The van der Waals surface area contributed by atoms with Crippen molar-refractivity contribution in [3.63, 3.8) is 0 Å². The van der Waals surface area contributed by atoms with Crippen LogP contribution in [0.5, 0.6) is 11.5 Å². The van der Waals surface area contributed by atoms with Crippen LogP contribution >= 0.6 is 0 Å². The van der Waals surface area contributed by atoms with E-state index in [0.717, 1.165) is 0 Å². The normalized spacial score (nSPS) is 10.0. The maximum atomic E-state index is 11.5. The third-order valence-corrected chi connectivity index (χ3v) is 2.08. The van der Waals surface area contributed by atoms with Crippen molar-refractivity contribution in [2.45, 2.75) is 6.92 Å². The summed E-state index contributed by atoms with van der Waals surface area (Å²) in [7, 11) is 0. The van der Waals surface area contributed by atoms with Crippen molar-refractivity contribution < 1.29 is 15.0 Å². The zero-order valence-electron chi connectivity index (χ0n) is 8.45. The predicted octanol–water partition coefficient (Wildman–Crippen LogP) is 0.0947. The molecule has 1 rings (SSSR count). The van der Waals surface area contributed by atoms with Gasteiger partial charge in [-0.05, 0) is 19.1 Å². The first-order chi connectivity index (χ1) is 7.07. The molecule has 0 aromatic heterocycles. The van der Waals surface area contributed by atoms with Crippen molar-refractivity contribution in [3.05, 3.63) is 23.3 Å². The van der Waals surface area contributed by atoms with Crippen LogP contribution in [0.25, 0.3) is 0 Å². The Hall–Kier alpha value is -1.75. The van der Waals surface area contributed by atoms with Gasteiger partial charge in [0.1, 0.15) is 0 Å². The lowest BCUT2D eigenvalue weighted by Crippen LogP contribution is -2.29. The molecule has 1 amide bonds. The van der Waals surface area contributed by atoms with Gasteiger partial charge in [0.15, 0.2) is 11.5 Å². The molecule has 0 bridgehead atoms. The molecule has 15 heavy (non-hydrogen) atoms. The fourth-order valence-corrected chi connectivity index (χ4v) is 1.21. The highest BCUT2D eigenvalue weighted by Gasteiger charge is 2.13. The fraction of sp³-hybridized carbons (Fsp3) is 0.300. The Morgan fingerprint density at radius 3 is 2.73 bits per heavy atom. The first-order valence-corrected chi connectivity index (χ1v) is 4.57. The summed E-state index contributed by atoms with van der Waals surface area (Å²) < 4.78 is 0. The van der Waals surface area contributed by atoms with Crippen molar-refractivity contribution >= 4 is 5.91 Å². The smallest absolute Gasteiger partial charge is 0.251 e. The molecule has 0 saturated heterocycles. The fourth-order valence-electron chi connectivity index (χ4n) is 1.21. The minimum Gasteiger partial charge on any atom is -0.504 e. The standard InChI is InChI=1S/C10H14N2O3/c1-6-7(10(15)12-5-4-11)2-3-8(13)9(6)14/h2-3,13-14H,4-5,11H2,1H3,(H,12,15). The number of phenolic OH excluding ortho intramolecular Hbond substituents is 2. The minimum atomic E-state index is -0.312. The summed E-state index contributed by atoms with van der Waals surface area (Å²) >= 11 is 0. The van der Waals surface area contributed by atoms with E-state index in [9.17, 15) is 15.0 Å². The van der Waals surface area contributed by atoms with E-state index in [1.54, 1.807) is 6.92 Å². The van der Waals surface area contributed by atoms with Crippen LogP contribution in [0.3, 0.4) is 0 Å². The molecule has 0 spiro atoms. The lowest BCUT2D eigenvalue weighted by molar-refractivity contribution is 0.0953. The van der Waals surface area contributed by atoms with Gasteiger partial charge < -0.3 is 21.3 Å². The molecule has 1 aromatic rings. The number of rotatable bonds is 3. The van der Waals surface area contributed by atoms with E-state index in [1.807, 2.05) is 0 Å². The summed E-state index contributed by atoms with van der Waals surface area (Å²) in [5.74, 6) is -0.813. The maximum absolute atomic E-state index is 11.5. The van der Waals surface area contributed by atoms with Gasteiger partial charge in [-0.2, -0.15) is 0 Å². The molecule has 0 saturated carbocycles. The number of carbonyl (C=O) groups is 1. The van der Waals surface area contributed by atoms with E-state index in [2.05, 4.69) is 5.32 Å². The largest absolute Gasteiger partial charge is 0.504 e. The topological polar surface area (TPSA) is 95.6 Å². The summed E-state index contributed by atoms with van der Waals surface area (Å²) in [5.41, 5.74) is 5.93. The van der Waals surface area contributed by atoms with Crippen molar-refractivity contribution in [2.75, 3.05) is 13.1 Å². The molecule has 5 nitrogen and oxygen atoms in total. The van der Waals surface area contributed by atoms with Crippen LogP contribution in [0.1, 0.15) is 15.9 Å². The van der Waals surface area contributed by atoms with Gasteiger partial charge in [0.2, 0.25) is 0 Å². The summed E-state index contributed by atoms with van der Waals surface area (Å²) in [6.07, 6.45) is 0. The first kappa shape index (κ1) is 11.3. The second-order valence-corrected chi connectivity index (χ2v) is 3.15. The van der Waals surface area contributed by atoms with Crippen molar-refractivity contribution in [1.29, 1.82) is 0 Å². The van der Waals surface area contributed by atoms with Crippen LogP contribution in [0.2, 0.25) is 0 Å². The lowest BCUT2D eigenvalue weighted by Gasteiger charge is -2.08. The summed E-state index contributed by atoms with van der Waals surface area (Å²) in [6.45, 7) is 2.29. The van der Waals surface area contributed by atoms with Gasteiger partial charge >= 0.3 is 0 Å².